The van der Waals surface area contributed by atoms with Crippen LogP contribution in [0.3, 0.4) is 0 Å². The molecule has 0 saturated carbocycles. The van der Waals surface area contributed by atoms with Crippen LogP contribution in [-0.4, -0.2) is 40.6 Å². The highest BCUT2D eigenvalue weighted by atomic mass is 32.1. The molecule has 0 radical (unpaired) electrons. The van der Waals surface area contributed by atoms with Crippen molar-refractivity contribution in [2.24, 2.45) is 5.41 Å². The first-order chi connectivity index (χ1) is 17.8. The van der Waals surface area contributed by atoms with Crippen molar-refractivity contribution in [3.05, 3.63) is 61.1 Å². The van der Waals surface area contributed by atoms with Crippen LogP contribution in [0.5, 0.6) is 0 Å². The number of benzene rings is 1. The van der Waals surface area contributed by atoms with Gasteiger partial charge in [-0.25, -0.2) is 9.97 Å². The van der Waals surface area contributed by atoms with Gasteiger partial charge in [0.25, 0.3) is 0 Å². The van der Waals surface area contributed by atoms with Gasteiger partial charge in [0.15, 0.2) is 11.3 Å². The van der Waals surface area contributed by atoms with Crippen LogP contribution < -0.4 is 0 Å². The lowest BCUT2D eigenvalue weighted by molar-refractivity contribution is 0.0867. The van der Waals surface area contributed by atoms with Crippen molar-refractivity contribution < 1.29 is 4.79 Å². The standard InChI is InChI=1S/C28H23N7OS/c1-28(2,3)11-22(36)35-17-9-15(12-29-14-17)16-10-19-25(33-34-26(19)30-13-16)27-31-20-6-4-5-18(24(20)32-27)21-7-8-23(35)37-21/h4-10,12-14H,11H2,1-3H3,(H,31,32)(H,30,33,34). The Labute approximate surface area is 214 Å². The number of fused-ring (bicyclic) bond motifs is 9. The van der Waals surface area contributed by atoms with Gasteiger partial charge in [-0.3, -0.25) is 19.4 Å². The molecule has 8 nitrogen and oxygen atoms in total. The zero-order valence-electron chi connectivity index (χ0n) is 20.5. The molecule has 0 aliphatic rings. The van der Waals surface area contributed by atoms with E-state index >= 15 is 0 Å². The van der Waals surface area contributed by atoms with E-state index < -0.39 is 0 Å². The fourth-order valence-electron chi connectivity index (χ4n) is 4.81. The number of H-pyrrole nitrogens is 2. The molecule has 9 heteroatoms. The highest BCUT2D eigenvalue weighted by molar-refractivity contribution is 7.24. The van der Waals surface area contributed by atoms with E-state index in [1.807, 2.05) is 30.3 Å². The minimum absolute atomic E-state index is 0.0233. The van der Waals surface area contributed by atoms with E-state index in [2.05, 4.69) is 58.1 Å². The lowest BCUT2D eigenvalue weighted by atomic mass is 9.92. The highest BCUT2D eigenvalue weighted by Gasteiger charge is 2.19. The fraction of sp³-hybridized carbons (Fsp3) is 0.179. The molecule has 0 saturated heterocycles. The van der Waals surface area contributed by atoms with Crippen LogP contribution in [0.25, 0.3) is 64.4 Å². The van der Waals surface area contributed by atoms with E-state index in [1.165, 1.54) is 0 Å². The summed E-state index contributed by atoms with van der Waals surface area (Å²) in [4.78, 5) is 32.1. The Morgan fingerprint density at radius 2 is 1.84 bits per heavy atom. The van der Waals surface area contributed by atoms with Gasteiger partial charge in [-0.2, -0.15) is 5.10 Å². The first kappa shape index (κ1) is 21.9. The van der Waals surface area contributed by atoms with Gasteiger partial charge in [0, 0.05) is 39.7 Å². The number of para-hydroxylation sites is 1. The van der Waals surface area contributed by atoms with Gasteiger partial charge < -0.3 is 4.98 Å². The molecule has 7 rings (SSSR count). The summed E-state index contributed by atoms with van der Waals surface area (Å²) in [6.45, 7) is 6.23. The Balaban J connectivity index is 1.72. The maximum Gasteiger partial charge on any atom is 0.232 e. The predicted molar refractivity (Wildman–Crippen MR) is 150 cm³/mol. The molecule has 0 spiro atoms. The number of imidazole rings is 1. The normalized spacial score (nSPS) is 12.4. The summed E-state index contributed by atoms with van der Waals surface area (Å²) in [5.74, 6) is 0.0233. The van der Waals surface area contributed by atoms with Gasteiger partial charge in [0.2, 0.25) is 5.91 Å². The molecular formula is C28H23N7OS. The average molecular weight is 506 g/mol. The molecule has 6 aromatic heterocycles. The average Bonchev–Trinajstić information content (AvgIpc) is 3.60. The quantitative estimate of drug-likeness (QED) is 0.252. The Morgan fingerprint density at radius 1 is 0.973 bits per heavy atom. The first-order valence-corrected chi connectivity index (χ1v) is 12.9. The number of aromatic amines is 2. The number of carbonyl (C=O) groups is 1. The number of aromatic nitrogens is 7. The minimum atomic E-state index is -0.164. The number of hydrogen-bond acceptors (Lipinski definition) is 6. The number of nitrogens with one attached hydrogen (secondary N) is 2. The summed E-state index contributed by atoms with van der Waals surface area (Å²) in [5.41, 5.74) is 4.40. The zero-order valence-corrected chi connectivity index (χ0v) is 21.3. The SMILES string of the molecule is CC(C)(C)CC(=O)n1c2cncc(c2)c2cnc3[nH]nc(c4nc5c(cccc5c5ccc1s5)[nH]4)c3c2. The summed E-state index contributed by atoms with van der Waals surface area (Å²) < 4.78 is 2.82. The van der Waals surface area contributed by atoms with Gasteiger partial charge in [0.1, 0.15) is 10.3 Å². The molecular weight excluding hydrogens is 482 g/mol. The second kappa shape index (κ2) is 7.81. The highest BCUT2D eigenvalue weighted by Crippen LogP contribution is 2.31. The van der Waals surface area contributed by atoms with Crippen molar-refractivity contribution in [1.82, 2.24) is 34.7 Å². The molecule has 182 valence electrons. The van der Waals surface area contributed by atoms with E-state index in [1.54, 1.807) is 34.5 Å². The van der Waals surface area contributed by atoms with Crippen molar-refractivity contribution in [3.63, 3.8) is 0 Å². The second-order valence-electron chi connectivity index (χ2n) is 10.5. The van der Waals surface area contributed by atoms with Crippen LogP contribution in [0.2, 0.25) is 0 Å². The molecule has 1 aromatic carbocycles. The van der Waals surface area contributed by atoms with Crippen LogP contribution in [-0.2, 0) is 0 Å². The van der Waals surface area contributed by atoms with Crippen LogP contribution in [0.1, 0.15) is 32.0 Å². The van der Waals surface area contributed by atoms with Gasteiger partial charge >= 0.3 is 0 Å². The van der Waals surface area contributed by atoms with Crippen molar-refractivity contribution in [1.29, 1.82) is 0 Å². The Hall–Kier alpha value is -4.37. The van der Waals surface area contributed by atoms with E-state index in [-0.39, 0.29) is 11.3 Å². The van der Waals surface area contributed by atoms with Crippen molar-refractivity contribution >= 4 is 81.7 Å². The lowest BCUT2D eigenvalue weighted by Crippen LogP contribution is -2.19. The molecule has 0 amide bonds. The molecule has 0 aliphatic heterocycles. The van der Waals surface area contributed by atoms with Gasteiger partial charge in [-0.15, -0.1) is 11.3 Å². The van der Waals surface area contributed by atoms with E-state index in [4.69, 9.17) is 4.98 Å². The van der Waals surface area contributed by atoms with E-state index in [0.717, 1.165) is 47.6 Å². The molecule has 8 bridgehead atoms. The Morgan fingerprint density at radius 3 is 2.70 bits per heavy atom. The number of thiophene rings is 1. The van der Waals surface area contributed by atoms with Gasteiger partial charge in [-0.1, -0.05) is 32.9 Å². The smallest absolute Gasteiger partial charge is 0.232 e. The van der Waals surface area contributed by atoms with Gasteiger partial charge in [0.05, 0.1) is 28.1 Å². The second-order valence-corrected chi connectivity index (χ2v) is 11.6. The van der Waals surface area contributed by atoms with Crippen LogP contribution in [0.15, 0.2) is 61.1 Å². The lowest BCUT2D eigenvalue weighted by Gasteiger charge is -2.18. The molecule has 7 aromatic rings. The monoisotopic (exact) mass is 505 g/mol. The summed E-state index contributed by atoms with van der Waals surface area (Å²) >= 11 is 1.57. The molecule has 6 heterocycles. The third-order valence-electron chi connectivity index (χ3n) is 6.48. The van der Waals surface area contributed by atoms with Crippen molar-refractivity contribution in [2.75, 3.05) is 0 Å². The summed E-state index contributed by atoms with van der Waals surface area (Å²) in [7, 11) is 0. The number of rotatable bonds is 1. The number of hydrogen-bond donors (Lipinski definition) is 2. The third kappa shape index (κ3) is 3.62. The minimum Gasteiger partial charge on any atom is -0.337 e. The summed E-state index contributed by atoms with van der Waals surface area (Å²) in [6, 6.07) is 14.2. The van der Waals surface area contributed by atoms with Gasteiger partial charge in [-0.05, 0) is 35.7 Å². The maximum absolute atomic E-state index is 13.7. The molecule has 0 atom stereocenters. The van der Waals surface area contributed by atoms with Crippen molar-refractivity contribution in [2.45, 2.75) is 27.2 Å². The maximum atomic E-state index is 13.7. The fourth-order valence-corrected chi connectivity index (χ4v) is 5.88. The molecule has 2 N–H and O–H groups in total. The van der Waals surface area contributed by atoms with Crippen LogP contribution in [0.4, 0.5) is 0 Å². The van der Waals surface area contributed by atoms with E-state index in [9.17, 15) is 4.79 Å². The molecule has 0 unspecified atom stereocenters. The Kier molecular flexibility index (Phi) is 4.62. The van der Waals surface area contributed by atoms with Crippen LogP contribution in [0, 0.1) is 5.41 Å². The van der Waals surface area contributed by atoms with Crippen LogP contribution >= 0.6 is 11.3 Å². The first-order valence-electron chi connectivity index (χ1n) is 12.1. The largest absolute Gasteiger partial charge is 0.337 e. The van der Waals surface area contributed by atoms with Crippen molar-refractivity contribution in [3.8, 4) is 0 Å². The van der Waals surface area contributed by atoms with E-state index in [0.29, 0.717) is 23.2 Å². The predicted octanol–water partition coefficient (Wildman–Crippen LogP) is 6.91. The zero-order chi connectivity index (χ0) is 25.3. The third-order valence-corrected chi connectivity index (χ3v) is 7.58. The topological polar surface area (TPSA) is 105 Å². The molecule has 0 fully saturated rings. The Bertz CT molecular complexity index is 2090. The number of carbonyl (C=O) groups excluding carboxylic acids is 1. The summed E-state index contributed by atoms with van der Waals surface area (Å²) in [6.07, 6.45) is 5.74. The number of pyridine rings is 2. The molecule has 37 heavy (non-hydrogen) atoms. The summed E-state index contributed by atoms with van der Waals surface area (Å²) in [5, 5.41) is 11.2. The number of nitrogens with zero attached hydrogens (tertiary/aromatic N) is 5. The molecule has 0 aliphatic carbocycles.